The molecule has 0 saturated carbocycles. The van der Waals surface area contributed by atoms with Crippen LogP contribution in [0.25, 0.3) is 0 Å². The van der Waals surface area contributed by atoms with Gasteiger partial charge in [-0.2, -0.15) is 0 Å². The van der Waals surface area contributed by atoms with Crippen LogP contribution in [-0.4, -0.2) is 59.0 Å². The summed E-state index contributed by atoms with van der Waals surface area (Å²) in [5.41, 5.74) is -0.695. The molecule has 2 saturated heterocycles. The van der Waals surface area contributed by atoms with Crippen LogP contribution in [0.1, 0.15) is 33.1 Å². The molecule has 1 N–H and O–H groups in total. The lowest BCUT2D eigenvalue weighted by atomic mass is 9.90. The smallest absolute Gasteiger partial charge is 0.310 e. The number of carboxylic acid groups (broad SMARTS) is 1. The molecular weight excluding hydrogens is 232 g/mol. The van der Waals surface area contributed by atoms with E-state index in [-0.39, 0.29) is 11.9 Å². The van der Waals surface area contributed by atoms with Crippen molar-refractivity contribution in [2.75, 3.05) is 26.2 Å². The minimum Gasteiger partial charge on any atom is -0.481 e. The van der Waals surface area contributed by atoms with E-state index in [0.717, 1.165) is 25.9 Å². The Morgan fingerprint density at radius 1 is 1.22 bits per heavy atom. The number of carbonyl (C=O) groups excluding carboxylic acids is 1. The van der Waals surface area contributed by atoms with Gasteiger partial charge in [0.25, 0.3) is 0 Å². The first-order valence-corrected chi connectivity index (χ1v) is 6.70. The van der Waals surface area contributed by atoms with E-state index in [1.807, 2.05) is 16.7 Å². The number of carbonyl (C=O) groups is 2. The number of hydrogen-bond acceptors (Lipinski definition) is 3. The van der Waals surface area contributed by atoms with E-state index in [1.165, 1.54) is 0 Å². The van der Waals surface area contributed by atoms with Crippen LogP contribution in [0.4, 0.5) is 0 Å². The third kappa shape index (κ3) is 2.36. The van der Waals surface area contributed by atoms with Gasteiger partial charge in [-0.15, -0.1) is 0 Å². The van der Waals surface area contributed by atoms with Gasteiger partial charge in [0.1, 0.15) is 0 Å². The molecule has 5 nitrogen and oxygen atoms in total. The van der Waals surface area contributed by atoms with E-state index in [4.69, 9.17) is 0 Å². The summed E-state index contributed by atoms with van der Waals surface area (Å²) in [5, 5.41) is 9.20. The molecule has 2 heterocycles. The molecule has 2 unspecified atom stereocenters. The minimum atomic E-state index is -0.758. The normalized spacial score (nSPS) is 30.7. The molecule has 0 radical (unpaired) electrons. The van der Waals surface area contributed by atoms with Gasteiger partial charge in [-0.05, 0) is 33.1 Å². The zero-order chi connectivity index (χ0) is 13.3. The molecule has 0 aromatic heterocycles. The Bertz CT molecular complexity index is 352. The zero-order valence-corrected chi connectivity index (χ0v) is 11.2. The van der Waals surface area contributed by atoms with Crippen molar-refractivity contribution in [3.8, 4) is 0 Å². The number of carboxylic acids is 1. The van der Waals surface area contributed by atoms with Gasteiger partial charge in [0.05, 0.1) is 11.5 Å². The third-order valence-electron chi connectivity index (χ3n) is 4.34. The summed E-state index contributed by atoms with van der Waals surface area (Å²) in [7, 11) is 0. The van der Waals surface area contributed by atoms with Crippen LogP contribution < -0.4 is 0 Å². The van der Waals surface area contributed by atoms with E-state index in [9.17, 15) is 14.7 Å². The fourth-order valence-electron chi connectivity index (χ4n) is 2.86. The van der Waals surface area contributed by atoms with Crippen molar-refractivity contribution >= 4 is 11.9 Å². The molecule has 0 spiro atoms. The zero-order valence-electron chi connectivity index (χ0n) is 11.2. The van der Waals surface area contributed by atoms with E-state index >= 15 is 0 Å². The second-order valence-corrected chi connectivity index (χ2v) is 5.79. The summed E-state index contributed by atoms with van der Waals surface area (Å²) in [5.74, 6) is -0.604. The van der Waals surface area contributed by atoms with Crippen LogP contribution in [0.5, 0.6) is 0 Å². The van der Waals surface area contributed by atoms with Crippen LogP contribution in [-0.2, 0) is 9.59 Å². The monoisotopic (exact) mass is 254 g/mol. The summed E-state index contributed by atoms with van der Waals surface area (Å²) >= 11 is 0. The predicted octanol–water partition coefficient (Wildman–Crippen LogP) is 0.794. The second kappa shape index (κ2) is 4.88. The number of hydrogen-bond donors (Lipinski definition) is 1. The molecule has 2 fully saturated rings. The van der Waals surface area contributed by atoms with Gasteiger partial charge in [0, 0.05) is 26.2 Å². The highest BCUT2D eigenvalue weighted by Gasteiger charge is 2.43. The topological polar surface area (TPSA) is 60.9 Å². The number of amides is 1. The van der Waals surface area contributed by atoms with Crippen molar-refractivity contribution in [2.24, 2.45) is 5.41 Å². The lowest BCUT2D eigenvalue weighted by Gasteiger charge is -2.28. The summed E-state index contributed by atoms with van der Waals surface area (Å²) in [6.45, 7) is 6.55. The molecule has 0 aliphatic carbocycles. The Balaban J connectivity index is 1.96. The van der Waals surface area contributed by atoms with Crippen LogP contribution >= 0.6 is 0 Å². The maximum atomic E-state index is 12.3. The standard InChI is InChI=1S/C13H22N2O3/c1-10(11(16)14-6-3-4-7-14)15-8-5-13(2,9-15)12(17)18/h10H,3-9H2,1-2H3,(H,17,18). The second-order valence-electron chi connectivity index (χ2n) is 5.79. The molecular formula is C13H22N2O3. The van der Waals surface area contributed by atoms with Gasteiger partial charge >= 0.3 is 5.97 Å². The molecule has 2 aliphatic heterocycles. The first kappa shape index (κ1) is 13.3. The fourth-order valence-corrected chi connectivity index (χ4v) is 2.86. The van der Waals surface area contributed by atoms with Gasteiger partial charge in [-0.1, -0.05) is 0 Å². The minimum absolute atomic E-state index is 0.155. The largest absolute Gasteiger partial charge is 0.481 e. The first-order valence-electron chi connectivity index (χ1n) is 6.70. The molecule has 18 heavy (non-hydrogen) atoms. The first-order chi connectivity index (χ1) is 8.44. The van der Waals surface area contributed by atoms with E-state index < -0.39 is 11.4 Å². The van der Waals surface area contributed by atoms with E-state index in [1.54, 1.807) is 6.92 Å². The number of nitrogens with zero attached hydrogens (tertiary/aromatic N) is 2. The maximum absolute atomic E-state index is 12.3. The number of aliphatic carboxylic acids is 1. The highest BCUT2D eigenvalue weighted by atomic mass is 16.4. The molecule has 2 rings (SSSR count). The molecule has 0 aromatic carbocycles. The number of likely N-dealkylation sites (tertiary alicyclic amines) is 2. The van der Waals surface area contributed by atoms with Gasteiger partial charge in [-0.25, -0.2) is 0 Å². The summed E-state index contributed by atoms with van der Waals surface area (Å²) in [6.07, 6.45) is 2.80. The average Bonchev–Trinajstić information content (AvgIpc) is 2.96. The SMILES string of the molecule is CC(C(=O)N1CCCC1)N1CCC(C)(C(=O)O)C1. The Morgan fingerprint density at radius 2 is 1.83 bits per heavy atom. The maximum Gasteiger partial charge on any atom is 0.310 e. The molecule has 2 atom stereocenters. The third-order valence-corrected chi connectivity index (χ3v) is 4.34. The lowest BCUT2D eigenvalue weighted by molar-refractivity contribution is -0.147. The Morgan fingerprint density at radius 3 is 2.33 bits per heavy atom. The van der Waals surface area contributed by atoms with Crippen LogP contribution in [0.2, 0.25) is 0 Å². The summed E-state index contributed by atoms with van der Waals surface area (Å²) in [4.78, 5) is 27.4. The predicted molar refractivity (Wildman–Crippen MR) is 67.2 cm³/mol. The fraction of sp³-hybridized carbons (Fsp3) is 0.846. The van der Waals surface area contributed by atoms with Crippen molar-refractivity contribution < 1.29 is 14.7 Å². The lowest BCUT2D eigenvalue weighted by Crippen LogP contribution is -2.46. The van der Waals surface area contributed by atoms with Gasteiger partial charge in [-0.3, -0.25) is 14.5 Å². The van der Waals surface area contributed by atoms with Crippen molar-refractivity contribution in [3.63, 3.8) is 0 Å². The van der Waals surface area contributed by atoms with Crippen LogP contribution in [0, 0.1) is 5.41 Å². The van der Waals surface area contributed by atoms with Gasteiger partial charge in [0.2, 0.25) is 5.91 Å². The van der Waals surface area contributed by atoms with E-state index in [2.05, 4.69) is 0 Å². The molecule has 0 aromatic rings. The van der Waals surface area contributed by atoms with Crippen molar-refractivity contribution in [1.29, 1.82) is 0 Å². The van der Waals surface area contributed by atoms with Crippen molar-refractivity contribution in [3.05, 3.63) is 0 Å². The molecule has 5 heteroatoms. The average molecular weight is 254 g/mol. The molecule has 1 amide bonds. The van der Waals surface area contributed by atoms with Crippen LogP contribution in [0.15, 0.2) is 0 Å². The number of rotatable bonds is 3. The Kier molecular flexibility index (Phi) is 3.61. The van der Waals surface area contributed by atoms with E-state index in [0.29, 0.717) is 19.5 Å². The van der Waals surface area contributed by atoms with Crippen molar-refractivity contribution in [2.45, 2.75) is 39.2 Å². The summed E-state index contributed by atoms with van der Waals surface area (Å²) in [6, 6.07) is -0.190. The molecule has 102 valence electrons. The van der Waals surface area contributed by atoms with Crippen LogP contribution in [0.3, 0.4) is 0 Å². The molecule has 2 aliphatic rings. The van der Waals surface area contributed by atoms with Crippen molar-refractivity contribution in [1.82, 2.24) is 9.80 Å². The Labute approximate surface area is 108 Å². The summed E-state index contributed by atoms with van der Waals surface area (Å²) < 4.78 is 0. The Hall–Kier alpha value is -1.10. The highest BCUT2D eigenvalue weighted by molar-refractivity contribution is 5.82. The molecule has 0 bridgehead atoms. The highest BCUT2D eigenvalue weighted by Crippen LogP contribution is 2.31. The van der Waals surface area contributed by atoms with Gasteiger partial charge < -0.3 is 10.0 Å². The quantitative estimate of drug-likeness (QED) is 0.809. The van der Waals surface area contributed by atoms with Gasteiger partial charge in [0.15, 0.2) is 0 Å².